The fourth-order valence-electron chi connectivity index (χ4n) is 3.77. The highest BCUT2D eigenvalue weighted by atomic mass is 19.3. The van der Waals surface area contributed by atoms with Crippen molar-refractivity contribution < 1.29 is 42.8 Å². The Kier molecular flexibility index (Phi) is 3.54. The van der Waals surface area contributed by atoms with Crippen molar-refractivity contribution in [3.63, 3.8) is 0 Å². The van der Waals surface area contributed by atoms with Gasteiger partial charge in [0.05, 0.1) is 5.92 Å². The van der Waals surface area contributed by atoms with E-state index in [1.165, 1.54) is 0 Å². The zero-order valence-electron chi connectivity index (χ0n) is 11.4. The van der Waals surface area contributed by atoms with E-state index < -0.39 is 36.0 Å². The lowest BCUT2D eigenvalue weighted by molar-refractivity contribution is -0.259. The molecule has 0 aromatic heterocycles. The number of halogens is 2. The van der Waals surface area contributed by atoms with Crippen molar-refractivity contribution in [2.24, 2.45) is 17.8 Å². The topological polar surface area (TPSA) is 99.1 Å². The van der Waals surface area contributed by atoms with Gasteiger partial charge in [0.25, 0.3) is 0 Å². The average molecular weight is 320 g/mol. The van der Waals surface area contributed by atoms with E-state index in [1.54, 1.807) is 0 Å². The molecular weight excluding hydrogens is 306 g/mol. The Balaban J connectivity index is 1.77. The van der Waals surface area contributed by atoms with Gasteiger partial charge in [0.15, 0.2) is 0 Å². The van der Waals surface area contributed by atoms with Crippen molar-refractivity contribution in [1.82, 2.24) is 0 Å². The number of carbonyl (C=O) groups is 3. The van der Waals surface area contributed by atoms with Gasteiger partial charge in [-0.15, -0.1) is 0 Å². The lowest BCUT2D eigenvalue weighted by atomic mass is 9.67. The summed E-state index contributed by atoms with van der Waals surface area (Å²) < 4.78 is 36.8. The number of ether oxygens (including phenoxy) is 2. The molecule has 4 rings (SSSR count). The second-order valence-electron chi connectivity index (χ2n) is 6.06. The normalized spacial score (nSPS) is 36.5. The molecule has 2 heterocycles. The molecule has 0 aromatic carbocycles. The molecule has 0 spiro atoms. The molecule has 2 aliphatic heterocycles. The van der Waals surface area contributed by atoms with E-state index in [9.17, 15) is 23.2 Å². The molecule has 7 nitrogen and oxygen atoms in total. The van der Waals surface area contributed by atoms with E-state index in [1.807, 2.05) is 0 Å². The van der Waals surface area contributed by atoms with Crippen LogP contribution >= 0.6 is 0 Å². The minimum absolute atomic E-state index is 0.248. The molecule has 2 aliphatic carbocycles. The lowest BCUT2D eigenvalue weighted by Gasteiger charge is -2.41. The number of carbonyl (C=O) groups excluding carboxylic acids is 3. The molecule has 4 fully saturated rings. The van der Waals surface area contributed by atoms with Crippen LogP contribution in [0.2, 0.25) is 0 Å². The summed E-state index contributed by atoms with van der Waals surface area (Å²) in [5.74, 6) is -9.81. The summed E-state index contributed by atoms with van der Waals surface area (Å²) in [5, 5.41) is 8.00. The summed E-state index contributed by atoms with van der Waals surface area (Å²) in [6.07, 6.45) is 0.466. The van der Waals surface area contributed by atoms with Gasteiger partial charge in [0.1, 0.15) is 12.2 Å². The van der Waals surface area contributed by atoms with Gasteiger partial charge in [-0.25, -0.2) is 9.59 Å². The molecule has 22 heavy (non-hydrogen) atoms. The van der Waals surface area contributed by atoms with Crippen molar-refractivity contribution in [1.29, 1.82) is 0 Å². The van der Waals surface area contributed by atoms with Gasteiger partial charge in [-0.3, -0.25) is 9.68 Å². The zero-order chi connectivity index (χ0) is 16.1. The molecule has 9 heteroatoms. The highest BCUT2D eigenvalue weighted by Gasteiger charge is 2.56. The molecule has 1 N–H and O–H groups in total. The van der Waals surface area contributed by atoms with Crippen LogP contribution < -0.4 is 0 Å². The van der Waals surface area contributed by atoms with Crippen LogP contribution in [0.3, 0.4) is 0 Å². The van der Waals surface area contributed by atoms with E-state index in [0.717, 1.165) is 0 Å². The first kappa shape index (κ1) is 15.1. The van der Waals surface area contributed by atoms with E-state index in [0.29, 0.717) is 25.7 Å². The van der Waals surface area contributed by atoms with E-state index in [4.69, 9.17) is 14.7 Å². The first-order valence-corrected chi connectivity index (χ1v) is 6.98. The Morgan fingerprint density at radius 3 is 2.59 bits per heavy atom. The lowest BCUT2D eigenvalue weighted by Crippen LogP contribution is -2.49. The fourth-order valence-corrected chi connectivity index (χ4v) is 3.77. The molecule has 0 radical (unpaired) electrons. The van der Waals surface area contributed by atoms with Crippen LogP contribution in [0.4, 0.5) is 8.78 Å². The summed E-state index contributed by atoms with van der Waals surface area (Å²) in [6.45, 7) is 0. The average Bonchev–Trinajstić information content (AvgIpc) is 2.64. The summed E-state index contributed by atoms with van der Waals surface area (Å²) >= 11 is 0. The van der Waals surface area contributed by atoms with Crippen LogP contribution in [0.5, 0.6) is 0 Å². The maximum atomic E-state index is 13.4. The molecule has 0 amide bonds. The Labute approximate surface area is 123 Å². The van der Waals surface area contributed by atoms with Gasteiger partial charge >= 0.3 is 23.8 Å². The third-order valence-corrected chi connectivity index (χ3v) is 4.68. The molecule has 0 aromatic rings. The van der Waals surface area contributed by atoms with Gasteiger partial charge < -0.3 is 9.47 Å². The van der Waals surface area contributed by atoms with Crippen LogP contribution in [0.15, 0.2) is 0 Å². The minimum atomic E-state index is -4.61. The Bertz CT molecular complexity index is 521. The van der Waals surface area contributed by atoms with Gasteiger partial charge in [0.2, 0.25) is 0 Å². The van der Waals surface area contributed by atoms with Gasteiger partial charge in [-0.1, -0.05) is 0 Å². The van der Waals surface area contributed by atoms with Crippen molar-refractivity contribution in [3.05, 3.63) is 0 Å². The first-order chi connectivity index (χ1) is 10.3. The molecule has 2 saturated heterocycles. The summed E-state index contributed by atoms with van der Waals surface area (Å²) in [4.78, 5) is 37.0. The Morgan fingerprint density at radius 1 is 1.18 bits per heavy atom. The largest absolute Gasteiger partial charge is 0.458 e. The van der Waals surface area contributed by atoms with Gasteiger partial charge in [-0.05, 0) is 31.6 Å². The van der Waals surface area contributed by atoms with Crippen molar-refractivity contribution in [2.75, 3.05) is 0 Å². The van der Waals surface area contributed by atoms with Gasteiger partial charge in [-0.2, -0.15) is 14.0 Å². The van der Waals surface area contributed by atoms with Crippen LogP contribution in [0.1, 0.15) is 25.7 Å². The third kappa shape index (κ3) is 2.33. The molecule has 5 unspecified atom stereocenters. The number of esters is 2. The van der Waals surface area contributed by atoms with Crippen molar-refractivity contribution in [3.8, 4) is 0 Å². The smallest absolute Gasteiger partial charge is 0.440 e. The number of hydrogen-bond acceptors (Lipinski definition) is 7. The Hall–Kier alpha value is -1.77. The summed E-state index contributed by atoms with van der Waals surface area (Å²) in [7, 11) is 0. The molecular formula is C13H14F2O7. The number of hydrogen-bond donors (Lipinski definition) is 1. The maximum Gasteiger partial charge on any atom is 0.440 e. The highest BCUT2D eigenvalue weighted by molar-refractivity contribution is 6.01. The first-order valence-electron chi connectivity index (χ1n) is 6.98. The zero-order valence-corrected chi connectivity index (χ0v) is 11.4. The quantitative estimate of drug-likeness (QED) is 0.271. The van der Waals surface area contributed by atoms with Crippen LogP contribution in [-0.4, -0.2) is 41.3 Å². The minimum Gasteiger partial charge on any atom is -0.458 e. The van der Waals surface area contributed by atoms with E-state index in [-0.39, 0.29) is 17.8 Å². The molecule has 5 atom stereocenters. The number of alkyl halides is 2. The molecule has 2 saturated carbocycles. The fraction of sp³-hybridized carbons (Fsp3) is 0.769. The summed E-state index contributed by atoms with van der Waals surface area (Å²) in [6, 6.07) is 0. The second kappa shape index (κ2) is 5.15. The van der Waals surface area contributed by atoms with Crippen LogP contribution in [0, 0.1) is 17.8 Å². The van der Waals surface area contributed by atoms with E-state index >= 15 is 0 Å². The highest BCUT2D eigenvalue weighted by Crippen LogP contribution is 2.48. The van der Waals surface area contributed by atoms with Gasteiger partial charge in [0, 0.05) is 5.92 Å². The third-order valence-electron chi connectivity index (χ3n) is 4.68. The Morgan fingerprint density at radius 2 is 1.91 bits per heavy atom. The monoisotopic (exact) mass is 320 g/mol. The van der Waals surface area contributed by atoms with E-state index in [2.05, 4.69) is 4.89 Å². The molecule has 122 valence electrons. The van der Waals surface area contributed by atoms with Crippen molar-refractivity contribution in [2.45, 2.75) is 43.8 Å². The molecule has 4 aliphatic rings. The number of rotatable bonds is 3. The maximum absolute atomic E-state index is 13.4. The summed E-state index contributed by atoms with van der Waals surface area (Å²) in [5.41, 5.74) is 0. The second-order valence-corrected chi connectivity index (χ2v) is 6.06. The standard InChI is InChI=1S/C13H14F2O7/c14-13(15,12(18)22-19)11(17)21-9-6-1-5-2-7(4-6)10(16)20-8(9)3-5/h5-9,19H,1-4H2. The van der Waals surface area contributed by atoms with Crippen LogP contribution in [0.25, 0.3) is 0 Å². The predicted molar refractivity (Wildman–Crippen MR) is 62.4 cm³/mol. The van der Waals surface area contributed by atoms with Crippen LogP contribution in [-0.2, 0) is 28.7 Å². The molecule has 4 bridgehead atoms. The predicted octanol–water partition coefficient (Wildman–Crippen LogP) is 0.911. The SMILES string of the molecule is O=C1OC2CC3CC1CC(C3)C2OC(=O)C(F)(F)C(=O)OO. The van der Waals surface area contributed by atoms with Crippen molar-refractivity contribution >= 4 is 17.9 Å². The number of fused-ring (bicyclic) bond motifs is 1.